The van der Waals surface area contributed by atoms with E-state index in [2.05, 4.69) is 9.73 Å². The lowest BCUT2D eigenvalue weighted by atomic mass is 10.0. The van der Waals surface area contributed by atoms with E-state index in [4.69, 9.17) is 0 Å². The molecule has 0 fully saturated rings. The van der Waals surface area contributed by atoms with Crippen molar-refractivity contribution < 1.29 is 19.4 Å². The number of phenolic OH excluding ortho intramolecular Hbond substituents is 1. The maximum Gasteiger partial charge on any atom is 0.305 e. The molecule has 0 unspecified atom stereocenters. The molecule has 2 rings (SSSR count). The monoisotopic (exact) mass is 304 g/mol. The van der Waals surface area contributed by atoms with Crippen LogP contribution < -0.4 is 4.90 Å². The number of phenols is 1. The molecule has 1 heterocycles. The van der Waals surface area contributed by atoms with Gasteiger partial charge < -0.3 is 14.7 Å². The average molecular weight is 304 g/mol. The summed E-state index contributed by atoms with van der Waals surface area (Å²) in [5.74, 6) is -0.329. The first-order chi connectivity index (χ1) is 10.5. The number of benzene rings is 1. The summed E-state index contributed by atoms with van der Waals surface area (Å²) in [6.07, 6.45) is 0.537. The third-order valence-electron chi connectivity index (χ3n) is 3.66. The second-order valence-corrected chi connectivity index (χ2v) is 5.11. The van der Waals surface area contributed by atoms with Crippen LogP contribution in [0, 0.1) is 0 Å². The second kappa shape index (κ2) is 6.60. The quantitative estimate of drug-likeness (QED) is 0.862. The molecule has 0 saturated carbocycles. The molecular formula is C16H20N2O4. The molecule has 1 aromatic rings. The number of aliphatic imine (C=N–C) groups is 1. The maximum absolute atomic E-state index is 12.4. The summed E-state index contributed by atoms with van der Waals surface area (Å²) in [5.41, 5.74) is 2.02. The average Bonchev–Trinajstić information content (AvgIpc) is 2.61. The molecule has 118 valence electrons. The Balaban J connectivity index is 2.47. The fraction of sp³-hybridized carbons (Fsp3) is 0.438. The van der Waals surface area contributed by atoms with Crippen LogP contribution in [0.5, 0.6) is 5.75 Å². The topological polar surface area (TPSA) is 79.2 Å². The van der Waals surface area contributed by atoms with Gasteiger partial charge in [0.1, 0.15) is 11.8 Å². The molecule has 1 aliphatic heterocycles. The molecule has 0 aromatic heterocycles. The number of carbonyl (C=O) groups is 2. The molecule has 1 N–H and O–H groups in total. The van der Waals surface area contributed by atoms with Crippen LogP contribution in [0.3, 0.4) is 0 Å². The predicted octanol–water partition coefficient (Wildman–Crippen LogP) is 1.89. The van der Waals surface area contributed by atoms with E-state index in [1.807, 2.05) is 6.92 Å². The van der Waals surface area contributed by atoms with E-state index in [1.54, 1.807) is 30.0 Å². The summed E-state index contributed by atoms with van der Waals surface area (Å²) in [6, 6.07) is 4.31. The summed E-state index contributed by atoms with van der Waals surface area (Å²) in [7, 11) is 1.34. The van der Waals surface area contributed by atoms with Gasteiger partial charge in [-0.15, -0.1) is 0 Å². The van der Waals surface area contributed by atoms with Crippen LogP contribution in [0.4, 0.5) is 5.69 Å². The van der Waals surface area contributed by atoms with Gasteiger partial charge in [-0.25, -0.2) is 0 Å². The van der Waals surface area contributed by atoms with Gasteiger partial charge in [-0.2, -0.15) is 0 Å². The summed E-state index contributed by atoms with van der Waals surface area (Å²) in [4.78, 5) is 29.9. The molecule has 0 spiro atoms. The number of likely N-dealkylation sites (N-methyl/N-ethyl adjacent to an activating group) is 1. The molecule has 1 atom stereocenters. The summed E-state index contributed by atoms with van der Waals surface area (Å²) >= 11 is 0. The standard InChI is InChI=1S/C16H20N2O4/c1-4-18-14-7-5-11(19)9-12(14)13(6-8-15(20)22-3)17-10(2)16(18)21/h5,7,9-10,19H,4,6,8H2,1-3H3/t10-/m0/s1. The predicted molar refractivity (Wildman–Crippen MR) is 83.4 cm³/mol. The SMILES string of the molecule is CCN1C(=O)[C@H](C)N=C(CCC(=O)OC)c2cc(O)ccc21. The van der Waals surface area contributed by atoms with E-state index in [0.29, 0.717) is 29.9 Å². The van der Waals surface area contributed by atoms with E-state index in [1.165, 1.54) is 7.11 Å². The van der Waals surface area contributed by atoms with Crippen LogP contribution in [0.15, 0.2) is 23.2 Å². The van der Waals surface area contributed by atoms with Gasteiger partial charge in [0.25, 0.3) is 5.91 Å². The Kier molecular flexibility index (Phi) is 4.80. The highest BCUT2D eigenvalue weighted by molar-refractivity contribution is 6.13. The molecular weight excluding hydrogens is 284 g/mol. The fourth-order valence-corrected chi connectivity index (χ4v) is 2.54. The van der Waals surface area contributed by atoms with Crippen molar-refractivity contribution in [2.75, 3.05) is 18.6 Å². The van der Waals surface area contributed by atoms with Crippen molar-refractivity contribution >= 4 is 23.3 Å². The molecule has 6 heteroatoms. The van der Waals surface area contributed by atoms with E-state index in [9.17, 15) is 14.7 Å². The molecule has 1 amide bonds. The van der Waals surface area contributed by atoms with Crippen LogP contribution in [0.2, 0.25) is 0 Å². The van der Waals surface area contributed by atoms with Gasteiger partial charge >= 0.3 is 5.97 Å². The van der Waals surface area contributed by atoms with Crippen LogP contribution in [0.1, 0.15) is 32.3 Å². The number of ether oxygens (including phenoxy) is 1. The van der Waals surface area contributed by atoms with Gasteiger partial charge in [0.2, 0.25) is 0 Å². The van der Waals surface area contributed by atoms with Crippen molar-refractivity contribution in [3.05, 3.63) is 23.8 Å². The van der Waals surface area contributed by atoms with Gasteiger partial charge in [-0.05, 0) is 32.0 Å². The Hall–Kier alpha value is -2.37. The van der Waals surface area contributed by atoms with Crippen molar-refractivity contribution in [2.24, 2.45) is 4.99 Å². The third kappa shape index (κ3) is 3.10. The Labute approximate surface area is 129 Å². The van der Waals surface area contributed by atoms with Gasteiger partial charge in [-0.3, -0.25) is 14.6 Å². The van der Waals surface area contributed by atoms with E-state index in [-0.39, 0.29) is 24.0 Å². The molecule has 0 aliphatic carbocycles. The number of nitrogens with zero attached hydrogens (tertiary/aromatic N) is 2. The smallest absolute Gasteiger partial charge is 0.305 e. The first-order valence-corrected chi connectivity index (χ1v) is 7.26. The second-order valence-electron chi connectivity index (χ2n) is 5.11. The Morgan fingerprint density at radius 2 is 2.18 bits per heavy atom. The highest BCUT2D eigenvalue weighted by Gasteiger charge is 2.28. The first kappa shape index (κ1) is 16.0. The Bertz CT molecular complexity index is 625. The maximum atomic E-state index is 12.4. The lowest BCUT2D eigenvalue weighted by Crippen LogP contribution is -2.36. The molecule has 22 heavy (non-hydrogen) atoms. The molecule has 0 bridgehead atoms. The van der Waals surface area contributed by atoms with E-state index < -0.39 is 6.04 Å². The summed E-state index contributed by atoms with van der Waals surface area (Å²) in [6.45, 7) is 4.14. The zero-order valence-electron chi connectivity index (χ0n) is 13.0. The van der Waals surface area contributed by atoms with E-state index >= 15 is 0 Å². The summed E-state index contributed by atoms with van der Waals surface area (Å²) < 4.78 is 4.65. The van der Waals surface area contributed by atoms with Crippen molar-refractivity contribution in [2.45, 2.75) is 32.7 Å². The Morgan fingerprint density at radius 3 is 2.82 bits per heavy atom. The number of amides is 1. The zero-order chi connectivity index (χ0) is 16.3. The number of aromatic hydroxyl groups is 1. The molecule has 0 radical (unpaired) electrons. The third-order valence-corrected chi connectivity index (χ3v) is 3.66. The number of methoxy groups -OCH3 is 1. The van der Waals surface area contributed by atoms with E-state index in [0.717, 1.165) is 0 Å². The number of anilines is 1. The normalized spacial score (nSPS) is 17.6. The number of fused-ring (bicyclic) bond motifs is 1. The minimum atomic E-state index is -0.526. The molecule has 1 aromatic carbocycles. The van der Waals surface area contributed by atoms with Crippen molar-refractivity contribution in [1.82, 2.24) is 0 Å². The van der Waals surface area contributed by atoms with Crippen LogP contribution in [0.25, 0.3) is 0 Å². The number of benzodiazepines with no additional fused rings is 1. The Morgan fingerprint density at radius 1 is 1.45 bits per heavy atom. The van der Waals surface area contributed by atoms with Crippen molar-refractivity contribution in [3.8, 4) is 5.75 Å². The molecule has 0 saturated heterocycles. The zero-order valence-corrected chi connectivity index (χ0v) is 13.0. The fourth-order valence-electron chi connectivity index (χ4n) is 2.54. The van der Waals surface area contributed by atoms with Crippen LogP contribution in [-0.4, -0.2) is 42.4 Å². The minimum absolute atomic E-state index is 0.0949. The van der Waals surface area contributed by atoms with Gasteiger partial charge in [-0.1, -0.05) is 0 Å². The van der Waals surface area contributed by atoms with Crippen LogP contribution in [-0.2, 0) is 14.3 Å². The number of carbonyl (C=O) groups excluding carboxylic acids is 2. The van der Waals surface area contributed by atoms with Gasteiger partial charge in [0.15, 0.2) is 0 Å². The molecule has 6 nitrogen and oxygen atoms in total. The number of hydrogen-bond acceptors (Lipinski definition) is 5. The van der Waals surface area contributed by atoms with Gasteiger partial charge in [0.05, 0.1) is 19.2 Å². The highest BCUT2D eigenvalue weighted by Crippen LogP contribution is 2.30. The van der Waals surface area contributed by atoms with Gasteiger partial charge in [0, 0.05) is 24.2 Å². The number of esters is 1. The highest BCUT2D eigenvalue weighted by atomic mass is 16.5. The van der Waals surface area contributed by atoms with Crippen molar-refractivity contribution in [3.63, 3.8) is 0 Å². The first-order valence-electron chi connectivity index (χ1n) is 7.26. The van der Waals surface area contributed by atoms with Crippen molar-refractivity contribution in [1.29, 1.82) is 0 Å². The number of hydrogen-bond donors (Lipinski definition) is 1. The lowest BCUT2D eigenvalue weighted by molar-refractivity contribution is -0.140. The minimum Gasteiger partial charge on any atom is -0.508 e. The molecule has 1 aliphatic rings. The lowest BCUT2D eigenvalue weighted by Gasteiger charge is -2.22. The largest absolute Gasteiger partial charge is 0.508 e. The van der Waals surface area contributed by atoms with Crippen LogP contribution >= 0.6 is 0 Å². The number of rotatable bonds is 4. The summed E-state index contributed by atoms with van der Waals surface area (Å²) in [5, 5.41) is 9.76.